The van der Waals surface area contributed by atoms with Crippen LogP contribution in [0.2, 0.25) is 0 Å². The Hall–Kier alpha value is -8.02. The molecule has 0 saturated heterocycles. The fraction of sp³-hybridized carbons (Fsp3) is 0.115. The molecule has 14 aromatic rings. The van der Waals surface area contributed by atoms with Crippen LogP contribution in [-0.4, -0.2) is 22.8 Å². The Balaban J connectivity index is 0.0000000988. The topological polar surface area (TPSA) is 24.6 Å². The molecule has 1 atom stereocenters. The van der Waals surface area contributed by atoms with E-state index in [2.05, 4.69) is 247 Å². The average Bonchev–Trinajstić information content (AvgIpc) is 4.16. The number of hydrogen-bond acceptors (Lipinski definition) is 0. The Labute approximate surface area is 382 Å². The van der Waals surface area contributed by atoms with Crippen molar-refractivity contribution in [2.75, 3.05) is 0 Å². The molecule has 5 heterocycles. The average molecular weight is 852 g/mol. The number of aryl methyl sites for hydroxylation is 5. The molecule has 0 fully saturated rings. The maximum Gasteiger partial charge on any atom is 0.0736 e. The van der Waals surface area contributed by atoms with Crippen molar-refractivity contribution in [3.63, 3.8) is 0 Å². The highest BCUT2D eigenvalue weighted by Gasteiger charge is 2.26. The maximum absolute atomic E-state index is 2.40. The number of hydrogen-bond donors (Lipinski definition) is 0. The smallest absolute Gasteiger partial charge is 0.0736 e. The first-order valence-electron chi connectivity index (χ1n) is 23.1. The number of benzene rings is 9. The largest absolute Gasteiger partial charge is 0.344 e. The Morgan fingerprint density at radius 3 is 1.03 bits per heavy atom. The first kappa shape index (κ1) is 38.4. The van der Waals surface area contributed by atoms with Gasteiger partial charge in [0.05, 0.1) is 11.0 Å². The van der Waals surface area contributed by atoms with Gasteiger partial charge in [-0.1, -0.05) is 134 Å². The summed E-state index contributed by atoms with van der Waals surface area (Å²) in [5.41, 5.74) is 18.7. The van der Waals surface area contributed by atoms with Crippen molar-refractivity contribution in [1.29, 1.82) is 0 Å². The second-order valence-electron chi connectivity index (χ2n) is 18.4. The molecule has 1 unspecified atom stereocenters. The van der Waals surface area contributed by atoms with Crippen LogP contribution in [0.15, 0.2) is 182 Å². The minimum absolute atomic E-state index is 0.480. The number of rotatable bonds is 0. The summed E-state index contributed by atoms with van der Waals surface area (Å²) in [5, 5.41) is 13.3. The third kappa shape index (κ3) is 5.28. The van der Waals surface area contributed by atoms with Crippen molar-refractivity contribution < 1.29 is 0 Å². The Morgan fingerprint density at radius 1 is 0.258 bits per heavy atom. The normalized spacial score (nSPS) is 13.5. The molecule has 15 rings (SSSR count). The number of fused-ring (bicyclic) bond motifs is 19. The van der Waals surface area contributed by atoms with Gasteiger partial charge in [0, 0.05) is 139 Å². The van der Waals surface area contributed by atoms with Crippen LogP contribution in [0.1, 0.15) is 24.0 Å². The van der Waals surface area contributed by atoms with E-state index < -0.39 is 0 Å². The molecule has 318 valence electrons. The highest BCUT2D eigenvalue weighted by atomic mass is 15.0. The van der Waals surface area contributed by atoms with Crippen molar-refractivity contribution in [3.8, 4) is 11.1 Å². The molecule has 0 bridgehead atoms. The third-order valence-electron chi connectivity index (χ3n) is 15.1. The Morgan fingerprint density at radius 2 is 0.591 bits per heavy atom. The highest BCUT2D eigenvalue weighted by Crippen LogP contribution is 2.47. The molecule has 0 amide bonds. The van der Waals surface area contributed by atoms with Gasteiger partial charge >= 0.3 is 0 Å². The lowest BCUT2D eigenvalue weighted by Gasteiger charge is -2.07. The van der Waals surface area contributed by atoms with Crippen molar-refractivity contribution in [1.82, 2.24) is 22.8 Å². The van der Waals surface area contributed by atoms with Crippen LogP contribution >= 0.6 is 0 Å². The van der Waals surface area contributed by atoms with Crippen LogP contribution in [0.3, 0.4) is 0 Å². The maximum atomic E-state index is 2.40. The molecule has 0 radical (unpaired) electrons. The molecule has 5 heteroatoms. The van der Waals surface area contributed by atoms with E-state index in [0.29, 0.717) is 5.92 Å². The van der Waals surface area contributed by atoms with E-state index in [1.54, 1.807) is 0 Å². The van der Waals surface area contributed by atoms with Crippen molar-refractivity contribution in [2.45, 2.75) is 12.8 Å². The van der Waals surface area contributed by atoms with Gasteiger partial charge in [-0.2, -0.15) is 0 Å². The second-order valence-corrected chi connectivity index (χ2v) is 18.4. The Kier molecular flexibility index (Phi) is 8.29. The van der Waals surface area contributed by atoms with Crippen molar-refractivity contribution >= 4 is 109 Å². The summed E-state index contributed by atoms with van der Waals surface area (Å²) < 4.78 is 11.6. The van der Waals surface area contributed by atoms with E-state index in [0.717, 1.165) is 0 Å². The second kappa shape index (κ2) is 14.2. The van der Waals surface area contributed by atoms with Gasteiger partial charge < -0.3 is 22.8 Å². The first-order chi connectivity index (χ1) is 32.3. The summed E-state index contributed by atoms with van der Waals surface area (Å²) in [6.07, 6.45) is 0. The van der Waals surface area contributed by atoms with E-state index in [1.807, 2.05) is 0 Å². The van der Waals surface area contributed by atoms with Crippen LogP contribution in [0, 0.1) is 0 Å². The minimum atomic E-state index is 0.480. The lowest BCUT2D eigenvalue weighted by Crippen LogP contribution is -1.92. The Bertz CT molecular complexity index is 4100. The molecule has 66 heavy (non-hydrogen) atoms. The lowest BCUT2D eigenvalue weighted by molar-refractivity contribution is 0.952. The summed E-state index contributed by atoms with van der Waals surface area (Å²) >= 11 is 0. The van der Waals surface area contributed by atoms with E-state index >= 15 is 0 Å². The van der Waals surface area contributed by atoms with Gasteiger partial charge in [0.2, 0.25) is 0 Å². The van der Waals surface area contributed by atoms with Crippen LogP contribution in [0.4, 0.5) is 0 Å². The van der Waals surface area contributed by atoms with Gasteiger partial charge in [-0.3, -0.25) is 0 Å². The van der Waals surface area contributed by atoms with Gasteiger partial charge in [-0.05, 0) is 76.9 Å². The van der Waals surface area contributed by atoms with Crippen LogP contribution in [-0.2, 0) is 35.2 Å². The summed E-state index contributed by atoms with van der Waals surface area (Å²) in [4.78, 5) is 0. The minimum Gasteiger partial charge on any atom is -0.344 e. The predicted molar refractivity (Wildman–Crippen MR) is 282 cm³/mol. The van der Waals surface area contributed by atoms with Gasteiger partial charge in [-0.15, -0.1) is 0 Å². The molecular formula is C61H49N5. The first-order valence-corrected chi connectivity index (χ1v) is 23.1. The quantitative estimate of drug-likeness (QED) is 0.145. The van der Waals surface area contributed by atoms with Gasteiger partial charge in [-0.25, -0.2) is 0 Å². The molecule has 5 aromatic heterocycles. The SMILES string of the molecule is CC1c2ccccc2-c2cc3c4ccccc4n(C)c3cc21.Cn1c2ccccc2c2cc3c(cc21)c1ccccc1n3C.Cn1c2ccccc2c2ccc3c4ccccc4n(C)c3c21. The van der Waals surface area contributed by atoms with Gasteiger partial charge in [0.25, 0.3) is 0 Å². The predicted octanol–water partition coefficient (Wildman–Crippen LogP) is 15.4. The van der Waals surface area contributed by atoms with Crippen molar-refractivity contribution in [3.05, 3.63) is 193 Å². The molecule has 1 aliphatic carbocycles. The van der Waals surface area contributed by atoms with Gasteiger partial charge in [0.1, 0.15) is 0 Å². The molecule has 0 aliphatic heterocycles. The molecule has 0 N–H and O–H groups in total. The summed E-state index contributed by atoms with van der Waals surface area (Å²) in [7, 11) is 10.8. The molecular weight excluding hydrogens is 803 g/mol. The zero-order valence-corrected chi connectivity index (χ0v) is 38.1. The fourth-order valence-corrected chi connectivity index (χ4v) is 11.8. The van der Waals surface area contributed by atoms with Crippen molar-refractivity contribution in [2.24, 2.45) is 35.2 Å². The van der Waals surface area contributed by atoms with E-state index in [4.69, 9.17) is 0 Å². The molecule has 9 aromatic carbocycles. The van der Waals surface area contributed by atoms with E-state index in [1.165, 1.54) is 131 Å². The fourth-order valence-electron chi connectivity index (χ4n) is 11.8. The molecule has 0 saturated carbocycles. The summed E-state index contributed by atoms with van der Waals surface area (Å²) in [6, 6.07) is 66.1. The molecule has 0 spiro atoms. The lowest BCUT2D eigenvalue weighted by atomic mass is 9.98. The van der Waals surface area contributed by atoms with E-state index in [9.17, 15) is 0 Å². The van der Waals surface area contributed by atoms with E-state index in [-0.39, 0.29) is 0 Å². The number of nitrogens with zero attached hydrogens (tertiary/aromatic N) is 5. The molecule has 1 aliphatic rings. The number of aromatic nitrogens is 5. The van der Waals surface area contributed by atoms with Gasteiger partial charge in [0.15, 0.2) is 0 Å². The third-order valence-corrected chi connectivity index (χ3v) is 15.1. The van der Waals surface area contributed by atoms with Crippen LogP contribution in [0.25, 0.3) is 120 Å². The summed E-state index contributed by atoms with van der Waals surface area (Å²) in [6.45, 7) is 2.32. The highest BCUT2D eigenvalue weighted by molar-refractivity contribution is 6.23. The van der Waals surface area contributed by atoms with Crippen LogP contribution in [0.5, 0.6) is 0 Å². The number of para-hydroxylation sites is 5. The molecule has 5 nitrogen and oxygen atoms in total. The standard InChI is InChI=1S/C21H17N.2C20H16N2/c1-13-14-7-3-4-8-15(14)18-11-19-16-9-5-6-10-20(16)22(2)21(19)12-17(13)18;1-21-17-9-5-3-7-13(17)15-12-20-16(11-19(15)21)14-8-4-6-10-18(14)22(20)2;1-21-17-9-5-3-7-13(17)15-11-12-16-14-8-4-6-10-18(14)22(2)20(16)19(15)21/h3-13H,1-2H3;2*3-12H,1-2H3. The summed E-state index contributed by atoms with van der Waals surface area (Å²) in [5.74, 6) is 0.480. The zero-order valence-electron chi connectivity index (χ0n) is 38.1. The monoisotopic (exact) mass is 851 g/mol. The van der Waals surface area contributed by atoms with Crippen LogP contribution < -0.4 is 0 Å². The zero-order chi connectivity index (χ0) is 44.5.